The van der Waals surface area contributed by atoms with Gasteiger partial charge >= 0.3 is 0 Å². The fourth-order valence-electron chi connectivity index (χ4n) is 5.20. The number of fused-ring (bicyclic) bond motifs is 1. The molecule has 13 heteroatoms. The van der Waals surface area contributed by atoms with Gasteiger partial charge in [0.2, 0.25) is 0 Å². The summed E-state index contributed by atoms with van der Waals surface area (Å²) in [5.74, 6) is 0.269. The molecule has 0 radical (unpaired) electrons. The lowest BCUT2D eigenvalue weighted by atomic mass is 10.1. The van der Waals surface area contributed by atoms with Gasteiger partial charge in [-0.25, -0.2) is 23.4 Å². The molecule has 3 aromatic rings. The minimum atomic E-state index is -1.11. The third-order valence-electron chi connectivity index (χ3n) is 7.75. The van der Waals surface area contributed by atoms with Crippen LogP contribution in [0.3, 0.4) is 0 Å². The first-order chi connectivity index (χ1) is 19.4. The van der Waals surface area contributed by atoms with Gasteiger partial charge < -0.3 is 25.0 Å². The Balaban J connectivity index is 1.19. The number of aliphatic hydroxyl groups excluding tert-OH is 2. The van der Waals surface area contributed by atoms with Gasteiger partial charge in [0.15, 0.2) is 33.8 Å². The summed E-state index contributed by atoms with van der Waals surface area (Å²) < 4.78 is 40.2. The van der Waals surface area contributed by atoms with Gasteiger partial charge in [-0.15, -0.1) is 5.10 Å². The lowest BCUT2D eigenvalue weighted by Gasteiger charge is -2.17. The van der Waals surface area contributed by atoms with E-state index in [4.69, 9.17) is 14.5 Å². The molecule has 0 unspecified atom stereocenters. The Bertz CT molecular complexity index is 1340. The summed E-state index contributed by atoms with van der Waals surface area (Å²) >= 11 is 1.50. The molecule has 0 bridgehead atoms. The molecule has 6 rings (SSSR count). The molecule has 0 spiro atoms. The van der Waals surface area contributed by atoms with Gasteiger partial charge in [-0.1, -0.05) is 30.0 Å². The van der Waals surface area contributed by atoms with Crippen molar-refractivity contribution in [1.29, 1.82) is 0 Å². The Kier molecular flexibility index (Phi) is 8.18. The molecular formula is C27H34F2N6O4S. The van der Waals surface area contributed by atoms with Gasteiger partial charge in [-0.3, -0.25) is 0 Å². The molecular weight excluding hydrogens is 542 g/mol. The number of thioether (sulfide) groups is 1. The minimum Gasteiger partial charge on any atom is -0.388 e. The summed E-state index contributed by atoms with van der Waals surface area (Å²) in [5, 5.41) is 34.2. The number of hydrogen-bond donors (Lipinski definition) is 3. The Morgan fingerprint density at radius 3 is 2.73 bits per heavy atom. The van der Waals surface area contributed by atoms with E-state index in [1.165, 1.54) is 30.7 Å². The number of rotatable bonds is 13. The predicted molar refractivity (Wildman–Crippen MR) is 144 cm³/mol. The zero-order valence-corrected chi connectivity index (χ0v) is 23.1. The van der Waals surface area contributed by atoms with Gasteiger partial charge in [0.05, 0.1) is 25.4 Å². The van der Waals surface area contributed by atoms with Crippen molar-refractivity contribution in [1.82, 2.24) is 25.0 Å². The van der Waals surface area contributed by atoms with Crippen LogP contribution >= 0.6 is 11.8 Å². The third kappa shape index (κ3) is 5.94. The summed E-state index contributed by atoms with van der Waals surface area (Å²) in [6.45, 7) is 3.59. The average molecular weight is 577 g/mol. The highest BCUT2D eigenvalue weighted by molar-refractivity contribution is 7.99. The van der Waals surface area contributed by atoms with E-state index >= 15 is 0 Å². The number of anilines is 1. The second kappa shape index (κ2) is 11.8. The number of halogens is 2. The number of nitrogens with one attached hydrogen (secondary N) is 1. The fourth-order valence-corrected chi connectivity index (χ4v) is 5.90. The molecule has 2 aromatic heterocycles. The molecule has 10 nitrogen and oxygen atoms in total. The molecule has 0 aliphatic heterocycles. The summed E-state index contributed by atoms with van der Waals surface area (Å²) in [5.41, 5.74) is 1.61. The molecule has 40 heavy (non-hydrogen) atoms. The van der Waals surface area contributed by atoms with Gasteiger partial charge in [-0.05, 0) is 49.3 Å². The van der Waals surface area contributed by atoms with Crippen molar-refractivity contribution in [2.24, 2.45) is 5.92 Å². The molecule has 3 N–H and O–H groups in total. The summed E-state index contributed by atoms with van der Waals surface area (Å²) in [6, 6.07) is 3.37. The largest absolute Gasteiger partial charge is 0.388 e. The maximum Gasteiger partial charge on any atom is 0.191 e. The highest BCUT2D eigenvalue weighted by atomic mass is 32.2. The Morgan fingerprint density at radius 1 is 1.10 bits per heavy atom. The first-order valence-electron chi connectivity index (χ1n) is 14.0. The van der Waals surface area contributed by atoms with Crippen molar-refractivity contribution in [3.8, 4) is 0 Å². The first-order valence-corrected chi connectivity index (χ1v) is 14.9. The highest BCUT2D eigenvalue weighted by Gasteiger charge is 2.45. The lowest BCUT2D eigenvalue weighted by Crippen LogP contribution is -2.33. The maximum absolute atomic E-state index is 13.8. The number of ether oxygens (including phenoxy) is 2. The van der Waals surface area contributed by atoms with Crippen LogP contribution in [0.4, 0.5) is 14.6 Å². The van der Waals surface area contributed by atoms with Crippen LogP contribution in [0.2, 0.25) is 0 Å². The van der Waals surface area contributed by atoms with E-state index in [9.17, 15) is 19.0 Å². The monoisotopic (exact) mass is 576 g/mol. The molecule has 3 fully saturated rings. The van der Waals surface area contributed by atoms with Gasteiger partial charge in [0, 0.05) is 30.7 Å². The molecule has 0 amide bonds. The minimum absolute atomic E-state index is 0.0138. The van der Waals surface area contributed by atoms with Crippen LogP contribution in [0.25, 0.3) is 11.2 Å². The quantitative estimate of drug-likeness (QED) is 0.158. The van der Waals surface area contributed by atoms with Crippen molar-refractivity contribution in [3.05, 3.63) is 35.4 Å². The number of benzene rings is 1. The second-order valence-electron chi connectivity index (χ2n) is 10.9. The van der Waals surface area contributed by atoms with E-state index < -0.39 is 36.0 Å². The molecule has 1 aromatic carbocycles. The average Bonchev–Trinajstić information content (AvgIpc) is 3.86. The Hall–Kier alpha value is -2.45. The Morgan fingerprint density at radius 2 is 1.95 bits per heavy atom. The van der Waals surface area contributed by atoms with Gasteiger partial charge in [0.1, 0.15) is 12.2 Å². The molecule has 3 aliphatic rings. The zero-order chi connectivity index (χ0) is 27.8. The first kappa shape index (κ1) is 27.7. The van der Waals surface area contributed by atoms with Gasteiger partial charge in [-0.2, -0.15) is 0 Å². The van der Waals surface area contributed by atoms with Crippen LogP contribution in [0.1, 0.15) is 56.6 Å². The molecule has 3 saturated carbocycles. The topological polar surface area (TPSA) is 127 Å². The van der Waals surface area contributed by atoms with Crippen LogP contribution in [0.5, 0.6) is 0 Å². The van der Waals surface area contributed by atoms with E-state index in [1.54, 1.807) is 10.7 Å². The smallest absolute Gasteiger partial charge is 0.191 e. The second-order valence-corrected chi connectivity index (χ2v) is 11.9. The van der Waals surface area contributed by atoms with E-state index in [0.717, 1.165) is 36.8 Å². The van der Waals surface area contributed by atoms with Crippen molar-refractivity contribution in [2.45, 2.75) is 80.5 Å². The van der Waals surface area contributed by atoms with Crippen molar-refractivity contribution >= 4 is 28.7 Å². The zero-order valence-electron chi connectivity index (χ0n) is 22.2. The molecule has 6 atom stereocenters. The molecule has 2 heterocycles. The SMILES string of the molecule is CCCSc1nc(N[C@@H]2C[C@H]2c2ccc(F)c(F)c2)c2nnn([C@@H]3C[C@H](OCCOCC4CC4)[C@@H](O)[C@H]3O)c2n1. The fraction of sp³-hybridized carbons (Fsp3) is 0.630. The third-order valence-corrected chi connectivity index (χ3v) is 8.80. The summed E-state index contributed by atoms with van der Waals surface area (Å²) in [6.07, 6.45) is 1.69. The van der Waals surface area contributed by atoms with Crippen LogP contribution in [-0.4, -0.2) is 85.1 Å². The summed E-state index contributed by atoms with van der Waals surface area (Å²) in [7, 11) is 0. The standard InChI is InChI=1S/C27H34F2N6O4S/c1-2-9-40-27-31-25(30-19-11-16(19)15-5-6-17(28)18(29)10-15)22-26(32-27)35(34-33-22)20-12-21(24(37)23(20)36)39-8-7-38-13-14-3-4-14/h5-6,10,14,16,19-21,23-24,36-37H,2-4,7-9,11-13H2,1H3,(H,30,31,32)/t16-,19+,20+,21-,23-,24+/m0/s1. The van der Waals surface area contributed by atoms with E-state index in [2.05, 4.69) is 27.5 Å². The number of aromatic nitrogens is 5. The molecule has 3 aliphatic carbocycles. The predicted octanol–water partition coefficient (Wildman–Crippen LogP) is 3.45. The van der Waals surface area contributed by atoms with Crippen molar-refractivity contribution in [2.75, 3.05) is 30.9 Å². The highest BCUT2D eigenvalue weighted by Crippen LogP contribution is 2.44. The molecule has 0 saturated heterocycles. The summed E-state index contributed by atoms with van der Waals surface area (Å²) in [4.78, 5) is 9.38. The number of aliphatic hydroxyl groups is 2. The number of nitrogens with zero attached hydrogens (tertiary/aromatic N) is 5. The van der Waals surface area contributed by atoms with Gasteiger partial charge in [0.25, 0.3) is 0 Å². The lowest BCUT2D eigenvalue weighted by molar-refractivity contribution is -0.0691. The van der Waals surface area contributed by atoms with Crippen LogP contribution in [0.15, 0.2) is 23.4 Å². The van der Waals surface area contributed by atoms with E-state index in [0.29, 0.717) is 47.7 Å². The normalized spacial score (nSPS) is 27.9. The maximum atomic E-state index is 13.8. The number of hydrogen-bond acceptors (Lipinski definition) is 10. The van der Waals surface area contributed by atoms with E-state index in [-0.39, 0.29) is 12.0 Å². The van der Waals surface area contributed by atoms with Crippen molar-refractivity contribution < 1.29 is 28.5 Å². The molecule has 216 valence electrons. The van der Waals surface area contributed by atoms with Crippen LogP contribution in [0, 0.1) is 17.6 Å². The van der Waals surface area contributed by atoms with E-state index in [1.807, 2.05) is 0 Å². The van der Waals surface area contributed by atoms with Crippen molar-refractivity contribution in [3.63, 3.8) is 0 Å². The Labute approximate surface area is 234 Å². The van der Waals surface area contributed by atoms with Crippen LogP contribution in [-0.2, 0) is 9.47 Å². The van der Waals surface area contributed by atoms with Crippen LogP contribution < -0.4 is 5.32 Å².